The van der Waals surface area contributed by atoms with Crippen LogP contribution in [0.1, 0.15) is 15.2 Å². The molecular formula is C14H9Br2N3OS. The second-order valence-corrected chi connectivity index (χ2v) is 7.90. The van der Waals surface area contributed by atoms with E-state index >= 15 is 0 Å². The lowest BCUT2D eigenvalue weighted by Crippen LogP contribution is -1.97. The molecule has 0 fully saturated rings. The normalized spacial score (nSPS) is 10.8. The maximum atomic E-state index is 11.3. The maximum absolute atomic E-state index is 11.3. The number of aromatic nitrogens is 3. The lowest BCUT2D eigenvalue weighted by Gasteiger charge is -1.99. The molecule has 3 rings (SSSR count). The molecule has 0 saturated carbocycles. The molecule has 4 nitrogen and oxygen atoms in total. The maximum Gasteiger partial charge on any atom is 0.153 e. The number of hydrogen-bond acceptors (Lipinski definition) is 4. The van der Waals surface area contributed by atoms with Gasteiger partial charge in [0, 0.05) is 27.3 Å². The predicted octanol–water partition coefficient (Wildman–Crippen LogP) is 4.64. The first kappa shape index (κ1) is 14.6. The fraction of sp³-hybridized carbons (Fsp3) is 0.0714. The van der Waals surface area contributed by atoms with Gasteiger partial charge in [-0.2, -0.15) is 5.10 Å². The van der Waals surface area contributed by atoms with Crippen LogP contribution in [0.4, 0.5) is 0 Å². The second-order valence-electron chi connectivity index (χ2n) is 4.35. The van der Waals surface area contributed by atoms with Gasteiger partial charge in [0.2, 0.25) is 0 Å². The zero-order valence-electron chi connectivity index (χ0n) is 10.9. The van der Waals surface area contributed by atoms with Gasteiger partial charge in [-0.1, -0.05) is 0 Å². The smallest absolute Gasteiger partial charge is 0.153 e. The van der Waals surface area contributed by atoms with E-state index in [1.54, 1.807) is 28.4 Å². The third-order valence-corrected chi connectivity index (χ3v) is 4.98. The Labute approximate surface area is 142 Å². The van der Waals surface area contributed by atoms with Crippen LogP contribution in [0.3, 0.4) is 0 Å². The number of hydrogen-bond donors (Lipinski definition) is 0. The van der Waals surface area contributed by atoms with Crippen molar-refractivity contribution in [3.05, 3.63) is 49.3 Å². The van der Waals surface area contributed by atoms with Crippen molar-refractivity contribution >= 4 is 49.5 Å². The predicted molar refractivity (Wildman–Crippen MR) is 90.2 cm³/mol. The minimum absolute atomic E-state index is 0.549. The summed E-state index contributed by atoms with van der Waals surface area (Å²) in [6, 6.07) is 5.71. The van der Waals surface area contributed by atoms with Gasteiger partial charge in [-0.25, -0.2) is 9.67 Å². The summed E-state index contributed by atoms with van der Waals surface area (Å²) in [6.45, 7) is 2.01. The minimum Gasteiger partial charge on any atom is -0.298 e. The molecule has 0 aliphatic carbocycles. The van der Waals surface area contributed by atoms with Gasteiger partial charge in [0.25, 0.3) is 0 Å². The molecule has 0 atom stereocenters. The average molecular weight is 427 g/mol. The highest BCUT2D eigenvalue weighted by atomic mass is 79.9. The molecule has 7 heteroatoms. The first-order valence-corrected chi connectivity index (χ1v) is 8.42. The molecule has 106 valence electrons. The molecule has 0 aliphatic rings. The van der Waals surface area contributed by atoms with Crippen LogP contribution in [-0.2, 0) is 0 Å². The molecule has 0 unspecified atom stereocenters. The Balaban J connectivity index is 2.12. The van der Waals surface area contributed by atoms with Crippen LogP contribution in [0, 0.1) is 6.92 Å². The quantitative estimate of drug-likeness (QED) is 0.573. The van der Waals surface area contributed by atoms with Gasteiger partial charge >= 0.3 is 0 Å². The van der Waals surface area contributed by atoms with Crippen molar-refractivity contribution in [3.63, 3.8) is 0 Å². The molecule has 0 radical (unpaired) electrons. The number of thiophene rings is 1. The number of nitrogens with zero attached hydrogens (tertiary/aromatic N) is 3. The van der Waals surface area contributed by atoms with Gasteiger partial charge < -0.3 is 0 Å². The van der Waals surface area contributed by atoms with Crippen LogP contribution in [-0.4, -0.2) is 21.1 Å². The second kappa shape index (κ2) is 5.82. The molecule has 0 aliphatic heterocycles. The fourth-order valence-corrected chi connectivity index (χ4v) is 3.91. The zero-order valence-corrected chi connectivity index (χ0v) is 14.9. The van der Waals surface area contributed by atoms with Crippen molar-refractivity contribution in [2.24, 2.45) is 0 Å². The molecule has 0 spiro atoms. The van der Waals surface area contributed by atoms with Crippen molar-refractivity contribution in [1.82, 2.24) is 14.8 Å². The Morgan fingerprint density at radius 3 is 2.71 bits per heavy atom. The fourth-order valence-electron chi connectivity index (χ4n) is 1.98. The Morgan fingerprint density at radius 1 is 1.33 bits per heavy atom. The minimum atomic E-state index is 0.549. The summed E-state index contributed by atoms with van der Waals surface area (Å²) < 4.78 is 3.53. The molecule has 0 amide bonds. The van der Waals surface area contributed by atoms with Crippen molar-refractivity contribution in [1.29, 1.82) is 0 Å². The molecule has 3 heterocycles. The van der Waals surface area contributed by atoms with E-state index in [-0.39, 0.29) is 0 Å². The van der Waals surface area contributed by atoms with Crippen LogP contribution < -0.4 is 0 Å². The van der Waals surface area contributed by atoms with E-state index in [0.717, 1.165) is 25.0 Å². The van der Waals surface area contributed by atoms with E-state index in [2.05, 4.69) is 41.9 Å². The molecule has 3 aromatic heterocycles. The van der Waals surface area contributed by atoms with E-state index in [1.165, 1.54) is 0 Å². The van der Waals surface area contributed by atoms with Gasteiger partial charge in [0.05, 0.1) is 9.35 Å². The molecule has 0 aromatic carbocycles. The van der Waals surface area contributed by atoms with Gasteiger partial charge in [0.1, 0.15) is 5.69 Å². The standard InChI is InChI=1S/C14H9Br2N3OS/c1-8-11(4-12(16)21-8)14-9(7-20)6-19(18-14)13-3-2-10(15)5-17-13/h2-7H,1H3. The Hall–Kier alpha value is -1.31. The van der Waals surface area contributed by atoms with Gasteiger partial charge in [-0.15, -0.1) is 11.3 Å². The molecule has 21 heavy (non-hydrogen) atoms. The lowest BCUT2D eigenvalue weighted by molar-refractivity contribution is 0.112. The van der Waals surface area contributed by atoms with Gasteiger partial charge in [0.15, 0.2) is 12.1 Å². The van der Waals surface area contributed by atoms with Crippen LogP contribution in [0.5, 0.6) is 0 Å². The van der Waals surface area contributed by atoms with Gasteiger partial charge in [-0.05, 0) is 57.0 Å². The number of aldehydes is 1. The van der Waals surface area contributed by atoms with Crippen LogP contribution >= 0.6 is 43.2 Å². The summed E-state index contributed by atoms with van der Waals surface area (Å²) in [7, 11) is 0. The average Bonchev–Trinajstić information content (AvgIpc) is 3.02. The van der Waals surface area contributed by atoms with E-state index in [0.29, 0.717) is 17.1 Å². The highest BCUT2D eigenvalue weighted by Crippen LogP contribution is 2.34. The Bertz CT molecular complexity index is 808. The molecule has 0 N–H and O–H groups in total. The molecule has 3 aromatic rings. The van der Waals surface area contributed by atoms with E-state index in [1.807, 2.05) is 25.1 Å². The lowest BCUT2D eigenvalue weighted by atomic mass is 10.1. The summed E-state index contributed by atoms with van der Waals surface area (Å²) in [5.74, 6) is 0.666. The van der Waals surface area contributed by atoms with E-state index < -0.39 is 0 Å². The van der Waals surface area contributed by atoms with Crippen molar-refractivity contribution < 1.29 is 4.79 Å². The van der Waals surface area contributed by atoms with Crippen molar-refractivity contribution in [3.8, 4) is 17.1 Å². The number of halogens is 2. The molecule has 0 bridgehead atoms. The highest BCUT2D eigenvalue weighted by Gasteiger charge is 2.16. The van der Waals surface area contributed by atoms with E-state index in [4.69, 9.17) is 0 Å². The SMILES string of the molecule is Cc1sc(Br)cc1-c1nn(-c2ccc(Br)cn2)cc1C=O. The summed E-state index contributed by atoms with van der Waals surface area (Å²) in [6.07, 6.45) is 4.22. The third kappa shape index (κ3) is 2.86. The number of carbonyl (C=O) groups excluding carboxylic acids is 1. The summed E-state index contributed by atoms with van der Waals surface area (Å²) in [5, 5.41) is 4.52. The Kier molecular flexibility index (Phi) is 4.05. The van der Waals surface area contributed by atoms with E-state index in [9.17, 15) is 4.79 Å². The number of rotatable bonds is 3. The number of carbonyl (C=O) groups is 1. The zero-order chi connectivity index (χ0) is 15.0. The van der Waals surface area contributed by atoms with Crippen LogP contribution in [0.2, 0.25) is 0 Å². The highest BCUT2D eigenvalue weighted by molar-refractivity contribution is 9.11. The van der Waals surface area contributed by atoms with Crippen molar-refractivity contribution in [2.45, 2.75) is 6.92 Å². The van der Waals surface area contributed by atoms with Gasteiger partial charge in [-0.3, -0.25) is 4.79 Å². The summed E-state index contributed by atoms with van der Waals surface area (Å²) >= 11 is 8.43. The van der Waals surface area contributed by atoms with Crippen LogP contribution in [0.15, 0.2) is 38.9 Å². The number of pyridine rings is 1. The first-order chi connectivity index (χ1) is 10.1. The first-order valence-electron chi connectivity index (χ1n) is 6.01. The largest absolute Gasteiger partial charge is 0.298 e. The summed E-state index contributed by atoms with van der Waals surface area (Å²) in [5.41, 5.74) is 2.19. The monoisotopic (exact) mass is 425 g/mol. The molecular weight excluding hydrogens is 418 g/mol. The topological polar surface area (TPSA) is 47.8 Å². The Morgan fingerprint density at radius 2 is 2.14 bits per heavy atom. The summed E-state index contributed by atoms with van der Waals surface area (Å²) in [4.78, 5) is 16.7. The molecule has 0 saturated heterocycles. The van der Waals surface area contributed by atoms with Crippen molar-refractivity contribution in [2.75, 3.05) is 0 Å². The number of aryl methyl sites for hydroxylation is 1. The third-order valence-electron chi connectivity index (χ3n) is 2.96. The van der Waals surface area contributed by atoms with Crippen LogP contribution in [0.25, 0.3) is 17.1 Å².